The van der Waals surface area contributed by atoms with Crippen molar-refractivity contribution in [2.24, 2.45) is 17.8 Å². The first-order chi connectivity index (χ1) is 16.3. The third-order valence-electron chi connectivity index (χ3n) is 7.51. The Morgan fingerprint density at radius 1 is 1.06 bits per heavy atom. The van der Waals surface area contributed by atoms with Crippen molar-refractivity contribution in [3.63, 3.8) is 0 Å². The Labute approximate surface area is 193 Å². The zero-order valence-corrected chi connectivity index (χ0v) is 18.4. The summed E-state index contributed by atoms with van der Waals surface area (Å²) in [5, 5.41) is 0.673. The minimum atomic E-state index is -4.38. The second-order valence-corrected chi connectivity index (χ2v) is 9.45. The maximum atomic E-state index is 13.7. The van der Waals surface area contributed by atoms with Crippen LogP contribution in [0.15, 0.2) is 48.7 Å². The van der Waals surface area contributed by atoms with Crippen LogP contribution < -0.4 is 4.74 Å². The molecule has 0 aliphatic heterocycles. The highest BCUT2D eigenvalue weighted by molar-refractivity contribution is 5.84. The van der Waals surface area contributed by atoms with Crippen molar-refractivity contribution < 1.29 is 22.3 Å². The van der Waals surface area contributed by atoms with Crippen molar-refractivity contribution in [3.05, 3.63) is 65.9 Å². The van der Waals surface area contributed by atoms with Gasteiger partial charge in [0.05, 0.1) is 28.2 Å². The lowest BCUT2D eigenvalue weighted by atomic mass is 9.93. The maximum Gasteiger partial charge on any atom is 0.416 e. The minimum Gasteiger partial charge on any atom is -0.490 e. The number of alkyl halides is 3. The lowest BCUT2D eigenvalue weighted by Crippen LogP contribution is -2.18. The number of nitrogens with zero attached hydrogens (tertiary/aromatic N) is 2. The Hall–Kier alpha value is -3.16. The average Bonchev–Trinajstić information content (AvgIpc) is 3.13. The molecule has 1 unspecified atom stereocenters. The predicted molar refractivity (Wildman–Crippen MR) is 120 cm³/mol. The summed E-state index contributed by atoms with van der Waals surface area (Å²) >= 11 is 0. The molecule has 2 aromatic carbocycles. The first kappa shape index (κ1) is 21.4. The molecule has 5 atom stereocenters. The van der Waals surface area contributed by atoms with Gasteiger partial charge in [-0.3, -0.25) is 4.98 Å². The van der Waals surface area contributed by atoms with Crippen molar-refractivity contribution in [3.8, 4) is 5.75 Å². The van der Waals surface area contributed by atoms with Crippen LogP contribution in [-0.4, -0.2) is 21.1 Å². The first-order valence-electron chi connectivity index (χ1n) is 11.6. The van der Waals surface area contributed by atoms with Crippen LogP contribution in [-0.2, 0) is 6.18 Å². The highest BCUT2D eigenvalue weighted by Crippen LogP contribution is 2.63. The van der Waals surface area contributed by atoms with E-state index >= 15 is 0 Å². The first-order valence-corrected chi connectivity index (χ1v) is 11.6. The van der Waals surface area contributed by atoms with Crippen molar-refractivity contribution in [2.45, 2.75) is 44.4 Å². The van der Waals surface area contributed by atoms with Crippen molar-refractivity contribution in [1.82, 2.24) is 15.0 Å². The molecule has 176 valence electrons. The lowest BCUT2D eigenvalue weighted by Gasteiger charge is -2.20. The molecule has 2 fully saturated rings. The normalized spacial score (nSPS) is 25.0. The second-order valence-electron chi connectivity index (χ2n) is 9.45. The third-order valence-corrected chi connectivity index (χ3v) is 7.51. The summed E-state index contributed by atoms with van der Waals surface area (Å²) in [5.41, 5.74) is 1.01. The smallest absolute Gasteiger partial charge is 0.416 e. The summed E-state index contributed by atoms with van der Waals surface area (Å²) in [5.74, 6) is 2.71. The van der Waals surface area contributed by atoms with E-state index in [1.54, 1.807) is 18.3 Å². The SMILES string of the molecule is CCC(c1nc2ccc(C(F)(F)F)cc2[nH]1)[C@@H]1[C@@H]2C[C@@H](Oc3ccnc4ccc(F)cc34)C[C@@H]21. The van der Waals surface area contributed by atoms with Gasteiger partial charge in [0, 0.05) is 17.5 Å². The number of imidazole rings is 1. The molecule has 0 radical (unpaired) electrons. The summed E-state index contributed by atoms with van der Waals surface area (Å²) in [6.07, 6.45) is 0.0315. The molecule has 0 amide bonds. The molecule has 1 N–H and O–H groups in total. The Bertz CT molecular complexity index is 1370. The Morgan fingerprint density at radius 2 is 1.82 bits per heavy atom. The average molecular weight is 469 g/mol. The number of hydrogen-bond donors (Lipinski definition) is 1. The fourth-order valence-electron chi connectivity index (χ4n) is 5.94. The molecule has 2 aromatic heterocycles. The van der Waals surface area contributed by atoms with Crippen LogP contribution in [0.5, 0.6) is 5.75 Å². The maximum absolute atomic E-state index is 13.7. The summed E-state index contributed by atoms with van der Waals surface area (Å²) in [7, 11) is 0. The lowest BCUT2D eigenvalue weighted by molar-refractivity contribution is -0.137. The molecule has 0 bridgehead atoms. The number of hydrogen-bond acceptors (Lipinski definition) is 3. The van der Waals surface area contributed by atoms with Gasteiger partial charge in [-0.25, -0.2) is 9.37 Å². The monoisotopic (exact) mass is 469 g/mol. The van der Waals surface area contributed by atoms with Crippen molar-refractivity contribution >= 4 is 21.9 Å². The van der Waals surface area contributed by atoms with Crippen LogP contribution in [0, 0.1) is 23.6 Å². The van der Waals surface area contributed by atoms with Gasteiger partial charge in [-0.1, -0.05) is 6.92 Å². The number of H-pyrrole nitrogens is 1. The van der Waals surface area contributed by atoms with Crippen LogP contribution in [0.2, 0.25) is 0 Å². The van der Waals surface area contributed by atoms with Crippen LogP contribution in [0.4, 0.5) is 17.6 Å². The topological polar surface area (TPSA) is 50.8 Å². The third kappa shape index (κ3) is 3.60. The molecular formula is C26H23F4N3O. The molecule has 4 nitrogen and oxygen atoms in total. The van der Waals surface area contributed by atoms with Gasteiger partial charge in [0.15, 0.2) is 0 Å². The summed E-state index contributed by atoms with van der Waals surface area (Å²) < 4.78 is 59.2. The van der Waals surface area contributed by atoms with Crippen LogP contribution >= 0.6 is 0 Å². The van der Waals surface area contributed by atoms with E-state index in [1.807, 2.05) is 0 Å². The number of pyridine rings is 1. The Morgan fingerprint density at radius 3 is 2.56 bits per heavy atom. The van der Waals surface area contributed by atoms with Crippen LogP contribution in [0.3, 0.4) is 0 Å². The number of halogens is 4. The van der Waals surface area contributed by atoms with E-state index in [4.69, 9.17) is 4.74 Å². The highest BCUT2D eigenvalue weighted by atomic mass is 19.4. The quantitative estimate of drug-likeness (QED) is 0.325. The zero-order valence-electron chi connectivity index (χ0n) is 18.4. The van der Waals surface area contributed by atoms with Gasteiger partial charge < -0.3 is 9.72 Å². The summed E-state index contributed by atoms with van der Waals surface area (Å²) in [6.45, 7) is 2.10. The molecule has 34 heavy (non-hydrogen) atoms. The molecule has 6 rings (SSSR count). The van der Waals surface area contributed by atoms with Gasteiger partial charge in [0.2, 0.25) is 0 Å². The number of fused-ring (bicyclic) bond motifs is 3. The van der Waals surface area contributed by atoms with E-state index in [0.717, 1.165) is 37.2 Å². The fourth-order valence-corrected chi connectivity index (χ4v) is 5.94. The molecular weight excluding hydrogens is 446 g/mol. The number of aromatic nitrogens is 3. The molecule has 2 heterocycles. The number of aromatic amines is 1. The van der Waals surface area contributed by atoms with E-state index in [2.05, 4.69) is 21.9 Å². The van der Waals surface area contributed by atoms with E-state index in [9.17, 15) is 17.6 Å². The Kier molecular flexibility index (Phi) is 4.83. The molecule has 2 aliphatic rings. The number of nitrogens with one attached hydrogen (secondary N) is 1. The summed E-state index contributed by atoms with van der Waals surface area (Å²) in [4.78, 5) is 12.1. The Balaban J connectivity index is 1.17. The van der Waals surface area contributed by atoms with Gasteiger partial charge in [-0.05, 0) is 79.5 Å². The zero-order chi connectivity index (χ0) is 23.6. The molecule has 0 spiro atoms. The van der Waals surface area contributed by atoms with E-state index in [1.165, 1.54) is 18.2 Å². The van der Waals surface area contributed by atoms with Crippen molar-refractivity contribution in [2.75, 3.05) is 0 Å². The number of benzene rings is 2. The molecule has 2 saturated carbocycles. The van der Waals surface area contributed by atoms with Crippen molar-refractivity contribution in [1.29, 1.82) is 0 Å². The largest absolute Gasteiger partial charge is 0.490 e. The van der Waals surface area contributed by atoms with Gasteiger partial charge >= 0.3 is 6.18 Å². The molecule has 8 heteroatoms. The van der Waals surface area contributed by atoms with Gasteiger partial charge in [0.1, 0.15) is 17.4 Å². The van der Waals surface area contributed by atoms with E-state index in [0.29, 0.717) is 45.4 Å². The molecule has 2 aliphatic carbocycles. The van der Waals surface area contributed by atoms with Gasteiger partial charge in [-0.2, -0.15) is 13.2 Å². The minimum absolute atomic E-state index is 0.0580. The highest BCUT2D eigenvalue weighted by Gasteiger charge is 2.59. The van der Waals surface area contributed by atoms with Crippen LogP contribution in [0.1, 0.15) is 43.5 Å². The van der Waals surface area contributed by atoms with E-state index in [-0.39, 0.29) is 17.8 Å². The van der Waals surface area contributed by atoms with Gasteiger partial charge in [0.25, 0.3) is 0 Å². The molecule has 4 aromatic rings. The predicted octanol–water partition coefficient (Wildman–Crippen LogP) is 6.87. The fraction of sp³-hybridized carbons (Fsp3) is 0.385. The molecule has 0 saturated heterocycles. The van der Waals surface area contributed by atoms with E-state index < -0.39 is 11.7 Å². The van der Waals surface area contributed by atoms with Gasteiger partial charge in [-0.15, -0.1) is 0 Å². The second kappa shape index (κ2) is 7.68. The van der Waals surface area contributed by atoms with Crippen LogP contribution in [0.25, 0.3) is 21.9 Å². The number of ether oxygens (including phenoxy) is 1. The standard InChI is InChI=1S/C26H23F4N3O/c1-2-16(25-32-21-5-3-13(26(28,29)30)9-22(21)33-25)24-17-11-15(12-18(17)24)34-23-7-8-31-20-6-4-14(27)10-19(20)23/h3-10,15-18,24H,2,11-12H2,1H3,(H,32,33)/t15-,16?,17-,18+,24-. The summed E-state index contributed by atoms with van der Waals surface area (Å²) in [6, 6.07) is 9.92. The number of rotatable bonds is 5.